The molecular weight excluding hydrogens is 362 g/mol. The number of hydrogen-bond donors (Lipinski definition) is 1. The lowest BCUT2D eigenvalue weighted by Gasteiger charge is -2.26. The van der Waals surface area contributed by atoms with E-state index in [0.29, 0.717) is 5.56 Å². The first-order valence-electron chi connectivity index (χ1n) is 10.9. The van der Waals surface area contributed by atoms with Gasteiger partial charge in [0.15, 0.2) is 0 Å². The van der Waals surface area contributed by atoms with Crippen LogP contribution in [0.3, 0.4) is 0 Å². The fourth-order valence-electron chi connectivity index (χ4n) is 4.32. The van der Waals surface area contributed by atoms with Crippen LogP contribution >= 0.6 is 0 Å². The summed E-state index contributed by atoms with van der Waals surface area (Å²) >= 11 is 0. The molecule has 5 heteroatoms. The van der Waals surface area contributed by atoms with Gasteiger partial charge in [0.05, 0.1) is 12.6 Å². The summed E-state index contributed by atoms with van der Waals surface area (Å²) in [7, 11) is 1.70. The number of amides is 1. The predicted molar refractivity (Wildman–Crippen MR) is 118 cm³/mol. The Morgan fingerprint density at radius 2 is 1.83 bits per heavy atom. The number of benzene rings is 2. The first-order chi connectivity index (χ1) is 14.2. The van der Waals surface area contributed by atoms with Gasteiger partial charge in [-0.3, -0.25) is 10.2 Å². The molecule has 2 heterocycles. The fourth-order valence-corrected chi connectivity index (χ4v) is 4.32. The van der Waals surface area contributed by atoms with Crippen LogP contribution in [0, 0.1) is 0 Å². The molecule has 3 aromatic rings. The molecule has 1 saturated heterocycles. The Bertz CT molecular complexity index is 1000. The van der Waals surface area contributed by atoms with E-state index >= 15 is 0 Å². The summed E-state index contributed by atoms with van der Waals surface area (Å²) in [6, 6.07) is 12.3. The number of aromatic nitrogens is 1. The minimum absolute atomic E-state index is 0.0193. The van der Waals surface area contributed by atoms with Gasteiger partial charge in [0.1, 0.15) is 5.75 Å². The molecule has 0 unspecified atom stereocenters. The maximum Gasteiger partial charge on any atom is 0.265 e. The second-order valence-corrected chi connectivity index (χ2v) is 7.96. The van der Waals surface area contributed by atoms with E-state index in [-0.39, 0.29) is 5.91 Å². The molecular formula is C24H31N3O2. The van der Waals surface area contributed by atoms with E-state index in [4.69, 9.17) is 4.74 Å². The van der Waals surface area contributed by atoms with Crippen molar-refractivity contribution in [2.24, 2.45) is 0 Å². The molecule has 1 aliphatic heterocycles. The van der Waals surface area contributed by atoms with E-state index in [2.05, 4.69) is 40.1 Å². The lowest BCUT2D eigenvalue weighted by Crippen LogP contribution is -2.45. The number of rotatable bonds is 7. The molecule has 0 bridgehead atoms. The Hall–Kier alpha value is -2.53. The molecule has 1 aliphatic rings. The highest BCUT2D eigenvalue weighted by molar-refractivity contribution is 6.11. The maximum absolute atomic E-state index is 12.8. The highest BCUT2D eigenvalue weighted by atomic mass is 16.5. The first kappa shape index (κ1) is 19.8. The van der Waals surface area contributed by atoms with Crippen LogP contribution < -0.4 is 10.2 Å². The van der Waals surface area contributed by atoms with Gasteiger partial charge in [-0.1, -0.05) is 26.2 Å². The number of piperidine rings is 1. The molecule has 0 saturated carbocycles. The number of methoxy groups -OCH3 is 1. The topological polar surface area (TPSA) is 46.5 Å². The number of aryl methyl sites for hydroxylation is 1. The van der Waals surface area contributed by atoms with Crippen molar-refractivity contribution in [2.75, 3.05) is 20.2 Å². The van der Waals surface area contributed by atoms with Gasteiger partial charge >= 0.3 is 0 Å². The van der Waals surface area contributed by atoms with Crippen LogP contribution in [0.25, 0.3) is 21.8 Å². The van der Waals surface area contributed by atoms with Crippen LogP contribution in [-0.2, 0) is 6.54 Å². The van der Waals surface area contributed by atoms with Crippen molar-refractivity contribution in [2.45, 2.75) is 52.0 Å². The average molecular weight is 394 g/mol. The molecule has 0 atom stereocenters. The zero-order valence-electron chi connectivity index (χ0n) is 17.5. The van der Waals surface area contributed by atoms with Crippen molar-refractivity contribution in [1.82, 2.24) is 15.0 Å². The summed E-state index contributed by atoms with van der Waals surface area (Å²) in [5.74, 6) is 0.842. The largest absolute Gasteiger partial charge is 0.497 e. The van der Waals surface area contributed by atoms with Crippen LogP contribution in [0.4, 0.5) is 0 Å². The molecule has 154 valence electrons. The molecule has 29 heavy (non-hydrogen) atoms. The smallest absolute Gasteiger partial charge is 0.265 e. The van der Waals surface area contributed by atoms with Crippen LogP contribution in [0.1, 0.15) is 55.8 Å². The molecule has 1 aromatic heterocycles. The van der Waals surface area contributed by atoms with E-state index in [9.17, 15) is 4.79 Å². The molecule has 0 spiro atoms. The van der Waals surface area contributed by atoms with Gasteiger partial charge < -0.3 is 9.30 Å². The van der Waals surface area contributed by atoms with Crippen molar-refractivity contribution in [1.29, 1.82) is 0 Å². The van der Waals surface area contributed by atoms with Gasteiger partial charge in [-0.25, -0.2) is 5.01 Å². The molecule has 1 N–H and O–H groups in total. The van der Waals surface area contributed by atoms with Gasteiger partial charge in [0.2, 0.25) is 0 Å². The number of carbonyl (C=O) groups is 1. The summed E-state index contributed by atoms with van der Waals surface area (Å²) < 4.78 is 7.83. The average Bonchev–Trinajstić information content (AvgIpc) is 3.07. The zero-order chi connectivity index (χ0) is 20.2. The zero-order valence-corrected chi connectivity index (χ0v) is 17.5. The van der Waals surface area contributed by atoms with E-state index in [1.807, 2.05) is 18.2 Å². The Balaban J connectivity index is 1.71. The third-order valence-corrected chi connectivity index (χ3v) is 5.94. The Morgan fingerprint density at radius 3 is 2.59 bits per heavy atom. The van der Waals surface area contributed by atoms with Crippen molar-refractivity contribution in [3.8, 4) is 5.75 Å². The van der Waals surface area contributed by atoms with Crippen LogP contribution in [-0.4, -0.2) is 35.7 Å². The van der Waals surface area contributed by atoms with Crippen molar-refractivity contribution >= 4 is 27.7 Å². The second kappa shape index (κ2) is 8.87. The summed E-state index contributed by atoms with van der Waals surface area (Å²) in [5, 5.41) is 4.35. The van der Waals surface area contributed by atoms with Gasteiger partial charge in [0.25, 0.3) is 5.91 Å². The number of nitrogens with zero attached hydrogens (tertiary/aromatic N) is 2. The first-order valence-corrected chi connectivity index (χ1v) is 10.9. The number of unbranched alkanes of at least 4 members (excludes halogenated alkanes) is 2. The Kier molecular flexibility index (Phi) is 6.05. The standard InChI is InChI=1S/C24H31N3O2/c1-3-4-6-15-27-22-12-9-18(24(28)25-26-13-7-5-8-14-26)16-21(22)20-11-10-19(29-2)17-23(20)27/h9-12,16-17H,3-8,13-15H2,1-2H3,(H,25,28). The highest BCUT2D eigenvalue weighted by Crippen LogP contribution is 2.32. The summed E-state index contributed by atoms with van der Waals surface area (Å²) in [4.78, 5) is 12.8. The van der Waals surface area contributed by atoms with Gasteiger partial charge in [-0.15, -0.1) is 0 Å². The molecule has 0 radical (unpaired) electrons. The fraction of sp³-hybridized carbons (Fsp3) is 0.458. The van der Waals surface area contributed by atoms with Crippen molar-refractivity contribution in [3.05, 3.63) is 42.0 Å². The van der Waals surface area contributed by atoms with E-state index in [1.54, 1.807) is 7.11 Å². The number of carbonyl (C=O) groups excluding carboxylic acids is 1. The minimum Gasteiger partial charge on any atom is -0.497 e. The molecule has 1 amide bonds. The number of nitrogens with one attached hydrogen (secondary N) is 1. The van der Waals surface area contributed by atoms with Crippen LogP contribution in [0.2, 0.25) is 0 Å². The number of hydrazine groups is 1. The SMILES string of the molecule is CCCCCn1c2ccc(C(=O)NN3CCCCC3)cc2c2ccc(OC)cc21. The molecule has 1 fully saturated rings. The third kappa shape index (κ3) is 4.10. The number of ether oxygens (including phenoxy) is 1. The lowest BCUT2D eigenvalue weighted by molar-refractivity contribution is 0.0750. The number of fused-ring (bicyclic) bond motifs is 3. The van der Waals surface area contributed by atoms with Crippen LogP contribution in [0.15, 0.2) is 36.4 Å². The molecule has 4 rings (SSSR count). The monoisotopic (exact) mass is 393 g/mol. The van der Waals surface area contributed by atoms with Gasteiger partial charge in [-0.2, -0.15) is 0 Å². The minimum atomic E-state index is -0.0193. The summed E-state index contributed by atoms with van der Waals surface area (Å²) in [6.07, 6.45) is 7.09. The van der Waals surface area contributed by atoms with E-state index in [1.165, 1.54) is 35.7 Å². The van der Waals surface area contributed by atoms with Crippen molar-refractivity contribution < 1.29 is 9.53 Å². The maximum atomic E-state index is 12.8. The van der Waals surface area contributed by atoms with Crippen molar-refractivity contribution in [3.63, 3.8) is 0 Å². The lowest BCUT2D eigenvalue weighted by atomic mass is 10.1. The summed E-state index contributed by atoms with van der Waals surface area (Å²) in [5.41, 5.74) is 6.15. The predicted octanol–water partition coefficient (Wildman–Crippen LogP) is 5.12. The molecule has 5 nitrogen and oxygen atoms in total. The van der Waals surface area contributed by atoms with Gasteiger partial charge in [-0.05, 0) is 49.6 Å². The second-order valence-electron chi connectivity index (χ2n) is 7.96. The quantitative estimate of drug-likeness (QED) is 0.567. The third-order valence-electron chi connectivity index (χ3n) is 5.94. The molecule has 2 aromatic carbocycles. The van der Waals surface area contributed by atoms with E-state index < -0.39 is 0 Å². The van der Waals surface area contributed by atoms with Gasteiger partial charge in [0, 0.05) is 47.6 Å². The normalized spacial score (nSPS) is 15.1. The van der Waals surface area contributed by atoms with E-state index in [0.717, 1.165) is 50.0 Å². The van der Waals surface area contributed by atoms with Crippen LogP contribution in [0.5, 0.6) is 5.75 Å². The Morgan fingerprint density at radius 1 is 1.00 bits per heavy atom. The molecule has 0 aliphatic carbocycles. The summed E-state index contributed by atoms with van der Waals surface area (Å²) in [6.45, 7) is 5.07. The highest BCUT2D eigenvalue weighted by Gasteiger charge is 2.17. The Labute approximate surface area is 172 Å². The number of hydrogen-bond acceptors (Lipinski definition) is 3.